The van der Waals surface area contributed by atoms with E-state index in [1.807, 2.05) is 0 Å². The Hall–Kier alpha value is -0.810. The summed E-state index contributed by atoms with van der Waals surface area (Å²) in [5.41, 5.74) is -4.00. The van der Waals surface area contributed by atoms with E-state index in [0.717, 1.165) is 22.6 Å². The average Bonchev–Trinajstić information content (AvgIpc) is 2.11. The lowest BCUT2D eigenvalue weighted by molar-refractivity contribution is -0.162. The molecule has 0 atom stereocenters. The van der Waals surface area contributed by atoms with Crippen LogP contribution in [0.4, 0.5) is 35.1 Å². The van der Waals surface area contributed by atoms with Crippen LogP contribution in [0.1, 0.15) is 11.1 Å². The first-order valence-corrected chi connectivity index (χ1v) is 5.43. The molecule has 0 fully saturated rings. The van der Waals surface area contributed by atoms with Crippen molar-refractivity contribution >= 4 is 22.6 Å². The summed E-state index contributed by atoms with van der Waals surface area (Å²) in [5.74, 6) is -0.986. The van der Waals surface area contributed by atoms with Crippen molar-refractivity contribution in [2.45, 2.75) is 19.0 Å². The summed E-state index contributed by atoms with van der Waals surface area (Å²) in [6.45, 7) is -3.44. The van der Waals surface area contributed by atoms with Crippen LogP contribution in [0.25, 0.3) is 0 Å². The minimum absolute atomic E-state index is 0.100. The van der Waals surface area contributed by atoms with E-state index in [1.165, 1.54) is 0 Å². The van der Waals surface area contributed by atoms with Crippen molar-refractivity contribution in [1.82, 2.24) is 0 Å². The van der Waals surface area contributed by atoms with E-state index >= 15 is 0 Å². The molecule has 1 aromatic carbocycles. The Balaban J connectivity index is 3.49. The van der Waals surface area contributed by atoms with Crippen LogP contribution < -0.4 is 4.74 Å². The number of alkyl halides is 8. The van der Waals surface area contributed by atoms with E-state index in [2.05, 4.69) is 4.74 Å². The molecule has 0 radical (unpaired) electrons. The van der Waals surface area contributed by atoms with Crippen molar-refractivity contribution in [3.05, 3.63) is 26.8 Å². The maximum Gasteiger partial charge on any atom is 0.418 e. The molecule has 0 aliphatic heterocycles. The summed E-state index contributed by atoms with van der Waals surface area (Å²) in [4.78, 5) is 0. The summed E-state index contributed by atoms with van der Waals surface area (Å²) in [6.07, 6.45) is -10.6. The molecule has 0 unspecified atom stereocenters. The maximum atomic E-state index is 12.5. The predicted octanol–water partition coefficient (Wildman–Crippen LogP) is 4.93. The van der Waals surface area contributed by atoms with Crippen molar-refractivity contribution in [3.63, 3.8) is 0 Å². The topological polar surface area (TPSA) is 9.23 Å². The van der Waals surface area contributed by atoms with Gasteiger partial charge in [-0.15, -0.1) is 0 Å². The fourth-order valence-corrected chi connectivity index (χ4v) is 2.17. The SMILES string of the molecule is FC(F)Oc1cc(I)c(C(F)(F)F)c(C(F)(F)F)c1. The molecular weight excluding hydrogens is 403 g/mol. The highest BCUT2D eigenvalue weighted by Crippen LogP contribution is 2.44. The van der Waals surface area contributed by atoms with E-state index in [1.54, 1.807) is 0 Å². The van der Waals surface area contributed by atoms with Crippen LogP contribution in [-0.4, -0.2) is 6.61 Å². The van der Waals surface area contributed by atoms with E-state index in [9.17, 15) is 35.1 Å². The fourth-order valence-electron chi connectivity index (χ4n) is 1.26. The molecule has 0 aromatic heterocycles. The highest BCUT2D eigenvalue weighted by Gasteiger charge is 2.45. The third-order valence-electron chi connectivity index (χ3n) is 1.88. The summed E-state index contributed by atoms with van der Waals surface area (Å²) in [7, 11) is 0. The second-order valence-corrected chi connectivity index (χ2v) is 4.36. The largest absolute Gasteiger partial charge is 0.435 e. The van der Waals surface area contributed by atoms with Gasteiger partial charge in [0.05, 0.1) is 11.1 Å². The minimum Gasteiger partial charge on any atom is -0.435 e. The Labute approximate surface area is 114 Å². The lowest BCUT2D eigenvalue weighted by Gasteiger charge is -2.18. The molecule has 0 aliphatic rings. The number of hydrogen-bond donors (Lipinski definition) is 0. The van der Waals surface area contributed by atoms with E-state index < -0.39 is 39.4 Å². The lowest BCUT2D eigenvalue weighted by atomic mass is 10.1. The molecule has 1 rings (SSSR count). The summed E-state index contributed by atoms with van der Waals surface area (Å²) < 4.78 is 102. The zero-order chi connectivity index (χ0) is 15.0. The van der Waals surface area contributed by atoms with Crippen LogP contribution in [0, 0.1) is 3.57 Å². The number of ether oxygens (including phenoxy) is 1. The Bertz CT molecular complexity index is 465. The third kappa shape index (κ3) is 4.08. The molecule has 0 saturated carbocycles. The standard InChI is InChI=1S/C9H3F8IO/c10-7(11)19-3-1-4(8(12,13)14)6(5(18)2-3)9(15,16)17/h1-2,7H. The van der Waals surface area contributed by atoms with Gasteiger partial charge in [0.2, 0.25) is 0 Å². The Morgan fingerprint density at radius 1 is 0.947 bits per heavy atom. The monoisotopic (exact) mass is 406 g/mol. The second-order valence-electron chi connectivity index (χ2n) is 3.20. The first-order chi connectivity index (χ1) is 8.43. The molecule has 19 heavy (non-hydrogen) atoms. The number of rotatable bonds is 2. The zero-order valence-electron chi connectivity index (χ0n) is 8.54. The van der Waals surface area contributed by atoms with Crippen LogP contribution in [-0.2, 0) is 12.4 Å². The van der Waals surface area contributed by atoms with Crippen LogP contribution in [0.15, 0.2) is 12.1 Å². The van der Waals surface area contributed by atoms with E-state index in [0.29, 0.717) is 6.07 Å². The smallest absolute Gasteiger partial charge is 0.418 e. The average molecular weight is 406 g/mol. The van der Waals surface area contributed by atoms with Crippen LogP contribution in [0.3, 0.4) is 0 Å². The maximum absolute atomic E-state index is 12.5. The molecule has 1 nitrogen and oxygen atoms in total. The Kier molecular flexibility index (Phi) is 4.52. The van der Waals surface area contributed by atoms with Crippen molar-refractivity contribution < 1.29 is 39.9 Å². The van der Waals surface area contributed by atoms with Gasteiger partial charge < -0.3 is 4.74 Å². The second kappa shape index (κ2) is 5.29. The molecule has 0 heterocycles. The third-order valence-corrected chi connectivity index (χ3v) is 2.73. The highest BCUT2D eigenvalue weighted by atomic mass is 127. The summed E-state index contributed by atoms with van der Waals surface area (Å²) >= 11 is 0.979. The van der Waals surface area contributed by atoms with E-state index in [-0.39, 0.29) is 6.07 Å². The fraction of sp³-hybridized carbons (Fsp3) is 0.333. The molecule has 0 spiro atoms. The first-order valence-electron chi connectivity index (χ1n) is 4.35. The highest BCUT2D eigenvalue weighted by molar-refractivity contribution is 14.1. The van der Waals surface area contributed by atoms with Gasteiger partial charge in [0.1, 0.15) is 5.75 Å². The van der Waals surface area contributed by atoms with Gasteiger partial charge in [-0.05, 0) is 34.7 Å². The molecule has 10 heteroatoms. The molecule has 108 valence electrons. The molecule has 0 saturated heterocycles. The molecule has 1 aromatic rings. The minimum atomic E-state index is -5.34. The van der Waals surface area contributed by atoms with Gasteiger partial charge in [-0.1, -0.05) is 0 Å². The molecular formula is C9H3F8IO. The van der Waals surface area contributed by atoms with Crippen LogP contribution in [0.2, 0.25) is 0 Å². The normalized spacial score (nSPS) is 12.9. The lowest BCUT2D eigenvalue weighted by Crippen LogP contribution is -2.19. The summed E-state index contributed by atoms with van der Waals surface area (Å²) in [6, 6.07) is 0.363. The molecule has 0 amide bonds. The quantitative estimate of drug-likeness (QED) is 0.500. The van der Waals surface area contributed by atoms with Crippen molar-refractivity contribution in [1.29, 1.82) is 0 Å². The van der Waals surface area contributed by atoms with Gasteiger partial charge in [0, 0.05) is 3.57 Å². The van der Waals surface area contributed by atoms with Gasteiger partial charge in [0.15, 0.2) is 0 Å². The number of halogens is 9. The Morgan fingerprint density at radius 3 is 1.84 bits per heavy atom. The van der Waals surface area contributed by atoms with Gasteiger partial charge in [-0.3, -0.25) is 0 Å². The van der Waals surface area contributed by atoms with Crippen LogP contribution in [0.5, 0.6) is 5.75 Å². The molecule has 0 N–H and O–H groups in total. The van der Waals surface area contributed by atoms with Crippen molar-refractivity contribution in [3.8, 4) is 5.75 Å². The summed E-state index contributed by atoms with van der Waals surface area (Å²) in [5, 5.41) is 0. The molecule has 0 aliphatic carbocycles. The zero-order valence-corrected chi connectivity index (χ0v) is 10.7. The van der Waals surface area contributed by atoms with E-state index in [4.69, 9.17) is 0 Å². The van der Waals surface area contributed by atoms with Crippen molar-refractivity contribution in [2.24, 2.45) is 0 Å². The van der Waals surface area contributed by atoms with Gasteiger partial charge in [0.25, 0.3) is 0 Å². The number of benzene rings is 1. The van der Waals surface area contributed by atoms with Gasteiger partial charge >= 0.3 is 19.0 Å². The first kappa shape index (κ1) is 16.2. The molecule has 0 bridgehead atoms. The number of hydrogen-bond acceptors (Lipinski definition) is 1. The Morgan fingerprint density at radius 2 is 1.47 bits per heavy atom. The predicted molar refractivity (Wildman–Crippen MR) is 55.8 cm³/mol. The van der Waals surface area contributed by atoms with Crippen LogP contribution >= 0.6 is 22.6 Å². The van der Waals surface area contributed by atoms with Gasteiger partial charge in [-0.25, -0.2) is 0 Å². The van der Waals surface area contributed by atoms with Gasteiger partial charge in [-0.2, -0.15) is 35.1 Å². The van der Waals surface area contributed by atoms with Crippen molar-refractivity contribution in [2.75, 3.05) is 0 Å².